The average Bonchev–Trinajstić information content (AvgIpc) is 2.77. The number of anilines is 2. The first-order chi connectivity index (χ1) is 15.0. The molecular weight excluding hydrogens is 394 g/mol. The van der Waals surface area contributed by atoms with E-state index < -0.39 is 4.92 Å². The summed E-state index contributed by atoms with van der Waals surface area (Å²) in [6, 6.07) is 17.6. The number of nitro benzene ring substituents is 1. The Morgan fingerprint density at radius 2 is 1.84 bits per heavy atom. The summed E-state index contributed by atoms with van der Waals surface area (Å²) >= 11 is 0. The van der Waals surface area contributed by atoms with E-state index in [9.17, 15) is 14.9 Å². The minimum Gasteiger partial charge on any atom is -0.380 e. The van der Waals surface area contributed by atoms with Crippen molar-refractivity contribution >= 4 is 33.9 Å². The average molecular weight is 413 g/mol. The molecule has 0 aliphatic heterocycles. The van der Waals surface area contributed by atoms with Crippen LogP contribution in [-0.2, 0) is 6.54 Å². The Kier molecular flexibility index (Phi) is 5.53. The maximum absolute atomic E-state index is 12.4. The van der Waals surface area contributed by atoms with Crippen molar-refractivity contribution in [2.24, 2.45) is 0 Å². The maximum Gasteiger partial charge on any atom is 0.295 e. The highest BCUT2D eigenvalue weighted by molar-refractivity contribution is 6.04. The first kappa shape index (κ1) is 20.0. The Labute approximate surface area is 178 Å². The Bertz CT molecular complexity index is 1270. The van der Waals surface area contributed by atoms with Crippen LogP contribution in [0.4, 0.5) is 17.1 Å². The summed E-state index contributed by atoms with van der Waals surface area (Å²) in [5, 5.41) is 18.3. The van der Waals surface area contributed by atoms with Crippen LogP contribution in [0.25, 0.3) is 10.9 Å². The number of rotatable bonds is 6. The number of fused-ring (bicyclic) bond motifs is 1. The van der Waals surface area contributed by atoms with E-state index in [0.29, 0.717) is 34.4 Å². The second kappa shape index (κ2) is 8.58. The summed E-state index contributed by atoms with van der Waals surface area (Å²) in [4.78, 5) is 31.6. The van der Waals surface area contributed by atoms with Crippen molar-refractivity contribution in [2.45, 2.75) is 13.5 Å². The fourth-order valence-corrected chi connectivity index (χ4v) is 3.32. The van der Waals surface area contributed by atoms with Gasteiger partial charge in [-0.1, -0.05) is 24.3 Å². The SMILES string of the molecule is Cc1cc(NCc2cccc(NC(=O)c3ccncc3)c2)c2cccc([N+](=O)[O-])c2n1. The molecule has 0 radical (unpaired) electrons. The first-order valence-electron chi connectivity index (χ1n) is 9.60. The van der Waals surface area contributed by atoms with Crippen molar-refractivity contribution in [2.75, 3.05) is 10.6 Å². The number of hydrogen-bond donors (Lipinski definition) is 2. The van der Waals surface area contributed by atoms with Gasteiger partial charge in [0, 0.05) is 53.0 Å². The molecule has 0 saturated heterocycles. The van der Waals surface area contributed by atoms with Crippen LogP contribution in [-0.4, -0.2) is 20.8 Å². The van der Waals surface area contributed by atoms with Crippen molar-refractivity contribution in [1.29, 1.82) is 0 Å². The van der Waals surface area contributed by atoms with Gasteiger partial charge in [0.25, 0.3) is 11.6 Å². The zero-order chi connectivity index (χ0) is 21.8. The van der Waals surface area contributed by atoms with Gasteiger partial charge in [-0.05, 0) is 42.8 Å². The third-order valence-corrected chi connectivity index (χ3v) is 4.75. The molecule has 31 heavy (non-hydrogen) atoms. The lowest BCUT2D eigenvalue weighted by Crippen LogP contribution is -2.12. The van der Waals surface area contributed by atoms with Crippen LogP contribution in [0.15, 0.2) is 73.1 Å². The highest BCUT2D eigenvalue weighted by Gasteiger charge is 2.15. The molecule has 8 heteroatoms. The molecule has 0 fully saturated rings. The predicted octanol–water partition coefficient (Wildman–Crippen LogP) is 4.71. The molecule has 0 unspecified atom stereocenters. The van der Waals surface area contributed by atoms with Gasteiger partial charge in [-0.15, -0.1) is 0 Å². The van der Waals surface area contributed by atoms with E-state index in [2.05, 4.69) is 20.6 Å². The molecule has 4 aromatic rings. The van der Waals surface area contributed by atoms with Crippen LogP contribution in [0.5, 0.6) is 0 Å². The minimum atomic E-state index is -0.423. The summed E-state index contributed by atoms with van der Waals surface area (Å²) in [5.74, 6) is -0.212. The Morgan fingerprint density at radius 3 is 2.61 bits per heavy atom. The number of aromatic nitrogens is 2. The number of carbonyl (C=O) groups excluding carboxylic acids is 1. The van der Waals surface area contributed by atoms with E-state index in [0.717, 1.165) is 11.3 Å². The highest BCUT2D eigenvalue weighted by Crippen LogP contribution is 2.30. The topological polar surface area (TPSA) is 110 Å². The second-order valence-electron chi connectivity index (χ2n) is 6.99. The van der Waals surface area contributed by atoms with Gasteiger partial charge < -0.3 is 10.6 Å². The van der Waals surface area contributed by atoms with Crippen molar-refractivity contribution in [3.8, 4) is 0 Å². The third-order valence-electron chi connectivity index (χ3n) is 4.75. The smallest absolute Gasteiger partial charge is 0.295 e. The lowest BCUT2D eigenvalue weighted by atomic mass is 10.1. The molecule has 2 aromatic carbocycles. The zero-order valence-electron chi connectivity index (χ0n) is 16.7. The van der Waals surface area contributed by atoms with Crippen LogP contribution in [0.3, 0.4) is 0 Å². The lowest BCUT2D eigenvalue weighted by Gasteiger charge is -2.12. The molecule has 4 rings (SSSR count). The molecule has 0 saturated carbocycles. The highest BCUT2D eigenvalue weighted by atomic mass is 16.6. The fraction of sp³-hybridized carbons (Fsp3) is 0.0870. The van der Waals surface area contributed by atoms with Crippen LogP contribution in [0.1, 0.15) is 21.6 Å². The molecule has 0 bridgehead atoms. The molecule has 0 atom stereocenters. The number of hydrogen-bond acceptors (Lipinski definition) is 6. The van der Waals surface area contributed by atoms with Crippen LogP contribution >= 0.6 is 0 Å². The fourth-order valence-electron chi connectivity index (χ4n) is 3.32. The lowest BCUT2D eigenvalue weighted by molar-refractivity contribution is -0.383. The molecule has 1 amide bonds. The van der Waals surface area contributed by atoms with Crippen LogP contribution < -0.4 is 10.6 Å². The van der Waals surface area contributed by atoms with E-state index in [1.165, 1.54) is 6.07 Å². The molecule has 2 N–H and O–H groups in total. The predicted molar refractivity (Wildman–Crippen MR) is 119 cm³/mol. The van der Waals surface area contributed by atoms with Gasteiger partial charge in [0.1, 0.15) is 0 Å². The zero-order valence-corrected chi connectivity index (χ0v) is 16.7. The van der Waals surface area contributed by atoms with Crippen molar-refractivity contribution in [3.05, 3.63) is 100.0 Å². The Balaban J connectivity index is 1.54. The number of aryl methyl sites for hydroxylation is 1. The van der Waals surface area contributed by atoms with E-state index in [1.54, 1.807) is 37.5 Å². The van der Waals surface area contributed by atoms with Gasteiger partial charge >= 0.3 is 0 Å². The van der Waals surface area contributed by atoms with Gasteiger partial charge in [0.15, 0.2) is 5.52 Å². The molecule has 0 spiro atoms. The van der Waals surface area contributed by atoms with E-state index in [-0.39, 0.29) is 11.6 Å². The number of benzene rings is 2. The number of nitrogens with one attached hydrogen (secondary N) is 2. The summed E-state index contributed by atoms with van der Waals surface area (Å²) in [5.41, 5.74) is 3.92. The van der Waals surface area contributed by atoms with Crippen molar-refractivity contribution in [3.63, 3.8) is 0 Å². The summed E-state index contributed by atoms with van der Waals surface area (Å²) < 4.78 is 0. The Hall–Kier alpha value is -4.33. The van der Waals surface area contributed by atoms with E-state index in [4.69, 9.17) is 0 Å². The first-order valence-corrected chi connectivity index (χ1v) is 9.60. The van der Waals surface area contributed by atoms with E-state index >= 15 is 0 Å². The number of carbonyl (C=O) groups is 1. The number of para-hydroxylation sites is 1. The number of pyridine rings is 2. The molecule has 2 aromatic heterocycles. The summed E-state index contributed by atoms with van der Waals surface area (Å²) in [6.45, 7) is 2.27. The molecular formula is C23H19N5O3. The monoisotopic (exact) mass is 413 g/mol. The Morgan fingerprint density at radius 1 is 1.06 bits per heavy atom. The number of nitro groups is 1. The largest absolute Gasteiger partial charge is 0.380 e. The van der Waals surface area contributed by atoms with Crippen molar-refractivity contribution in [1.82, 2.24) is 9.97 Å². The van der Waals surface area contributed by atoms with Gasteiger partial charge in [0.2, 0.25) is 0 Å². The minimum absolute atomic E-state index is 0.0231. The maximum atomic E-state index is 12.4. The molecule has 2 heterocycles. The van der Waals surface area contributed by atoms with Gasteiger partial charge in [-0.3, -0.25) is 19.9 Å². The summed E-state index contributed by atoms with van der Waals surface area (Å²) in [7, 11) is 0. The standard InChI is InChI=1S/C23H19N5O3/c1-15-12-20(19-6-3-7-21(28(30)31)22(19)26-15)25-14-16-4-2-5-18(13-16)27-23(29)17-8-10-24-11-9-17/h2-13H,14H2,1H3,(H,25,26)(H,27,29). The molecule has 0 aliphatic carbocycles. The van der Waals surface area contributed by atoms with Crippen LogP contribution in [0.2, 0.25) is 0 Å². The van der Waals surface area contributed by atoms with Crippen molar-refractivity contribution < 1.29 is 9.72 Å². The molecule has 8 nitrogen and oxygen atoms in total. The third kappa shape index (κ3) is 4.48. The van der Waals surface area contributed by atoms with Crippen LogP contribution in [0, 0.1) is 17.0 Å². The quantitative estimate of drug-likeness (QED) is 0.350. The number of non-ortho nitro benzene ring substituents is 1. The normalized spacial score (nSPS) is 10.6. The van der Waals surface area contributed by atoms with E-state index in [1.807, 2.05) is 36.4 Å². The number of nitrogens with zero attached hydrogens (tertiary/aromatic N) is 3. The molecule has 154 valence electrons. The number of amides is 1. The van der Waals surface area contributed by atoms with Gasteiger partial charge in [0.05, 0.1) is 4.92 Å². The molecule has 0 aliphatic rings. The second-order valence-corrected chi connectivity index (χ2v) is 6.99. The van der Waals surface area contributed by atoms with Gasteiger partial charge in [-0.2, -0.15) is 0 Å². The van der Waals surface area contributed by atoms with Gasteiger partial charge in [-0.25, -0.2) is 4.98 Å². The summed E-state index contributed by atoms with van der Waals surface area (Å²) in [6.07, 6.45) is 3.14.